The average molecular weight is 409 g/mol. The number of nitrogens with zero attached hydrogens (tertiary/aromatic N) is 4. The standard InChI is InChI=1S/C22H28N6O2/c1-14(2)19-11-17(18-13-26-28(15(3)4)21(18)27-19)22(30)24-10-7-20(29)25-12-16-5-8-23-9-6-16/h5-6,8-9,11,13-15H,7,10,12H2,1-4H3,(H,24,30)(H,25,29). The van der Waals surface area contributed by atoms with Gasteiger partial charge in [-0.25, -0.2) is 9.67 Å². The van der Waals surface area contributed by atoms with Crippen LogP contribution in [0.4, 0.5) is 0 Å². The number of nitrogens with one attached hydrogen (secondary N) is 2. The third kappa shape index (κ3) is 5.00. The quantitative estimate of drug-likeness (QED) is 0.597. The zero-order chi connectivity index (χ0) is 21.7. The van der Waals surface area contributed by atoms with E-state index in [9.17, 15) is 9.59 Å². The first-order valence-corrected chi connectivity index (χ1v) is 10.2. The highest BCUT2D eigenvalue weighted by atomic mass is 16.2. The summed E-state index contributed by atoms with van der Waals surface area (Å²) in [5, 5.41) is 10.8. The van der Waals surface area contributed by atoms with Crippen LogP contribution in [0.3, 0.4) is 0 Å². The van der Waals surface area contributed by atoms with Crippen LogP contribution < -0.4 is 10.6 Å². The molecule has 0 saturated carbocycles. The Labute approximate surface area is 176 Å². The molecule has 0 aliphatic heterocycles. The van der Waals surface area contributed by atoms with Crippen molar-refractivity contribution in [3.63, 3.8) is 0 Å². The van der Waals surface area contributed by atoms with Crippen LogP contribution in [0, 0.1) is 0 Å². The molecule has 0 fully saturated rings. The minimum Gasteiger partial charge on any atom is -0.352 e. The van der Waals surface area contributed by atoms with Gasteiger partial charge in [0.25, 0.3) is 5.91 Å². The molecule has 0 unspecified atom stereocenters. The fraction of sp³-hybridized carbons (Fsp3) is 0.409. The Balaban J connectivity index is 1.65. The molecule has 2 amide bonds. The highest BCUT2D eigenvalue weighted by Crippen LogP contribution is 2.24. The SMILES string of the molecule is CC(C)c1cc(C(=O)NCCC(=O)NCc2ccncc2)c2cnn(C(C)C)c2n1. The monoisotopic (exact) mass is 408 g/mol. The maximum atomic E-state index is 12.9. The van der Waals surface area contributed by atoms with Gasteiger partial charge in [0, 0.05) is 43.6 Å². The van der Waals surface area contributed by atoms with Crippen LogP contribution >= 0.6 is 0 Å². The second kappa shape index (κ2) is 9.47. The molecule has 0 saturated heterocycles. The molecule has 0 bridgehead atoms. The van der Waals surface area contributed by atoms with Gasteiger partial charge in [-0.05, 0) is 43.5 Å². The van der Waals surface area contributed by atoms with Gasteiger partial charge in [0.2, 0.25) is 5.91 Å². The maximum Gasteiger partial charge on any atom is 0.252 e. The Morgan fingerprint density at radius 2 is 1.83 bits per heavy atom. The van der Waals surface area contributed by atoms with E-state index >= 15 is 0 Å². The van der Waals surface area contributed by atoms with Crippen molar-refractivity contribution >= 4 is 22.8 Å². The highest BCUT2D eigenvalue weighted by Gasteiger charge is 2.19. The summed E-state index contributed by atoms with van der Waals surface area (Å²) in [6, 6.07) is 5.65. The van der Waals surface area contributed by atoms with Gasteiger partial charge in [-0.2, -0.15) is 5.10 Å². The molecule has 2 N–H and O–H groups in total. The van der Waals surface area contributed by atoms with Gasteiger partial charge < -0.3 is 10.6 Å². The number of rotatable bonds is 8. The van der Waals surface area contributed by atoms with Crippen molar-refractivity contribution in [3.05, 3.63) is 53.6 Å². The second-order valence-electron chi connectivity index (χ2n) is 7.81. The minimum absolute atomic E-state index is 0.123. The summed E-state index contributed by atoms with van der Waals surface area (Å²) in [6.07, 6.45) is 5.25. The Hall–Kier alpha value is -3.29. The molecule has 0 atom stereocenters. The molecule has 0 aromatic carbocycles. The molecule has 158 valence electrons. The zero-order valence-electron chi connectivity index (χ0n) is 17.8. The summed E-state index contributed by atoms with van der Waals surface area (Å²) in [4.78, 5) is 33.6. The molecule has 8 nitrogen and oxygen atoms in total. The number of hydrogen-bond donors (Lipinski definition) is 2. The Morgan fingerprint density at radius 1 is 1.10 bits per heavy atom. The molecular weight excluding hydrogens is 380 g/mol. The topological polar surface area (TPSA) is 102 Å². The molecule has 3 aromatic heterocycles. The van der Waals surface area contributed by atoms with Crippen molar-refractivity contribution < 1.29 is 9.59 Å². The van der Waals surface area contributed by atoms with Crippen LogP contribution in [-0.2, 0) is 11.3 Å². The molecular formula is C22H28N6O2. The summed E-state index contributed by atoms with van der Waals surface area (Å²) < 4.78 is 1.82. The largest absolute Gasteiger partial charge is 0.352 e. The number of pyridine rings is 2. The lowest BCUT2D eigenvalue weighted by atomic mass is 10.0. The lowest BCUT2D eigenvalue weighted by Gasteiger charge is -2.12. The molecule has 0 radical (unpaired) electrons. The van der Waals surface area contributed by atoms with E-state index < -0.39 is 0 Å². The molecule has 0 spiro atoms. The van der Waals surface area contributed by atoms with Gasteiger partial charge in [-0.3, -0.25) is 14.6 Å². The van der Waals surface area contributed by atoms with Crippen molar-refractivity contribution in [3.8, 4) is 0 Å². The molecule has 0 aliphatic rings. The highest BCUT2D eigenvalue weighted by molar-refractivity contribution is 6.05. The zero-order valence-corrected chi connectivity index (χ0v) is 17.8. The van der Waals surface area contributed by atoms with Crippen LogP contribution in [0.5, 0.6) is 0 Å². The van der Waals surface area contributed by atoms with E-state index in [-0.39, 0.29) is 36.7 Å². The third-order valence-electron chi connectivity index (χ3n) is 4.79. The molecule has 0 aliphatic carbocycles. The second-order valence-corrected chi connectivity index (χ2v) is 7.81. The summed E-state index contributed by atoms with van der Waals surface area (Å²) in [5.41, 5.74) is 3.05. The summed E-state index contributed by atoms with van der Waals surface area (Å²) in [6.45, 7) is 8.83. The molecule has 3 aromatic rings. The van der Waals surface area contributed by atoms with Gasteiger partial charge in [-0.15, -0.1) is 0 Å². The summed E-state index contributed by atoms with van der Waals surface area (Å²) >= 11 is 0. The maximum absolute atomic E-state index is 12.9. The first-order valence-electron chi connectivity index (χ1n) is 10.2. The average Bonchev–Trinajstić information content (AvgIpc) is 3.16. The van der Waals surface area contributed by atoms with E-state index in [2.05, 4.69) is 20.7 Å². The van der Waals surface area contributed by atoms with E-state index in [1.807, 2.05) is 50.6 Å². The van der Waals surface area contributed by atoms with Crippen molar-refractivity contribution in [2.75, 3.05) is 6.54 Å². The van der Waals surface area contributed by atoms with E-state index in [1.54, 1.807) is 18.6 Å². The van der Waals surface area contributed by atoms with Crippen LogP contribution in [0.15, 0.2) is 36.8 Å². The van der Waals surface area contributed by atoms with Gasteiger partial charge in [-0.1, -0.05) is 13.8 Å². The van der Waals surface area contributed by atoms with Crippen LogP contribution in [0.2, 0.25) is 0 Å². The molecule has 3 rings (SSSR count). The molecule has 3 heterocycles. The summed E-state index contributed by atoms with van der Waals surface area (Å²) in [7, 11) is 0. The smallest absolute Gasteiger partial charge is 0.252 e. The Kier molecular flexibility index (Phi) is 6.76. The van der Waals surface area contributed by atoms with E-state index in [0.29, 0.717) is 23.1 Å². The Morgan fingerprint density at radius 3 is 2.50 bits per heavy atom. The lowest BCUT2D eigenvalue weighted by molar-refractivity contribution is -0.121. The number of aromatic nitrogens is 4. The first-order chi connectivity index (χ1) is 14.4. The van der Waals surface area contributed by atoms with Crippen LogP contribution in [0.25, 0.3) is 11.0 Å². The molecule has 8 heteroatoms. The number of amides is 2. The normalized spacial score (nSPS) is 11.3. The predicted octanol–water partition coefficient (Wildman–Crippen LogP) is 2.97. The van der Waals surface area contributed by atoms with Gasteiger partial charge >= 0.3 is 0 Å². The fourth-order valence-electron chi connectivity index (χ4n) is 3.07. The van der Waals surface area contributed by atoms with Gasteiger partial charge in [0.15, 0.2) is 5.65 Å². The number of hydrogen-bond acceptors (Lipinski definition) is 5. The van der Waals surface area contributed by atoms with Crippen molar-refractivity contribution in [1.29, 1.82) is 0 Å². The van der Waals surface area contributed by atoms with Crippen LogP contribution in [0.1, 0.15) is 67.7 Å². The van der Waals surface area contributed by atoms with Crippen LogP contribution in [-0.4, -0.2) is 38.1 Å². The molecule has 30 heavy (non-hydrogen) atoms. The minimum atomic E-state index is -0.227. The third-order valence-corrected chi connectivity index (χ3v) is 4.79. The van der Waals surface area contributed by atoms with Gasteiger partial charge in [0.1, 0.15) is 0 Å². The summed E-state index contributed by atoms with van der Waals surface area (Å²) in [5.74, 6) is -0.174. The van der Waals surface area contributed by atoms with E-state index in [4.69, 9.17) is 4.98 Å². The number of carbonyl (C=O) groups excluding carboxylic acids is 2. The first kappa shape index (κ1) is 21.4. The van der Waals surface area contributed by atoms with E-state index in [0.717, 1.165) is 11.3 Å². The Bertz CT molecular complexity index is 1030. The predicted molar refractivity (Wildman–Crippen MR) is 115 cm³/mol. The van der Waals surface area contributed by atoms with Crippen molar-refractivity contribution in [2.24, 2.45) is 0 Å². The van der Waals surface area contributed by atoms with Crippen molar-refractivity contribution in [1.82, 2.24) is 30.4 Å². The van der Waals surface area contributed by atoms with Gasteiger partial charge in [0.05, 0.1) is 17.1 Å². The number of carbonyl (C=O) groups is 2. The van der Waals surface area contributed by atoms with E-state index in [1.165, 1.54) is 0 Å². The van der Waals surface area contributed by atoms with Crippen molar-refractivity contribution in [2.45, 2.75) is 52.6 Å². The fourth-order valence-corrected chi connectivity index (χ4v) is 3.07. The number of fused-ring (bicyclic) bond motifs is 1. The lowest BCUT2D eigenvalue weighted by Crippen LogP contribution is -2.30.